The molecule has 0 spiro atoms. The van der Waals surface area contributed by atoms with Crippen molar-refractivity contribution >= 4 is 15.9 Å². The van der Waals surface area contributed by atoms with Gasteiger partial charge in [0.25, 0.3) is 5.91 Å². The molecule has 2 aliphatic carbocycles. The van der Waals surface area contributed by atoms with Gasteiger partial charge in [0.05, 0.1) is 10.9 Å². The second-order valence-electron chi connectivity index (χ2n) is 6.75. The van der Waals surface area contributed by atoms with E-state index in [2.05, 4.69) is 5.32 Å². The molecule has 3 rings (SSSR count). The smallest absolute Gasteiger partial charge is 0.252 e. The van der Waals surface area contributed by atoms with Crippen LogP contribution in [0, 0.1) is 0 Å². The monoisotopic (exact) mass is 360 g/mol. The molecule has 1 atom stereocenters. The molecule has 1 amide bonds. The van der Waals surface area contributed by atoms with Gasteiger partial charge in [-0.05, 0) is 49.0 Å². The maximum Gasteiger partial charge on any atom is 0.252 e. The summed E-state index contributed by atoms with van der Waals surface area (Å²) in [5, 5.41) is 8.11. The minimum atomic E-state index is -3.76. The topological polar surface area (TPSA) is 89.3 Å². The number of nitrogens with one attached hydrogen (secondary N) is 1. The minimum absolute atomic E-state index is 0.0459. The van der Waals surface area contributed by atoms with Crippen LogP contribution in [0.15, 0.2) is 47.4 Å². The quantitative estimate of drug-likeness (QED) is 0.865. The number of hydrogen-bond donors (Lipinski definition) is 2. The zero-order valence-electron chi connectivity index (χ0n) is 14.1. The molecule has 0 aromatic heterocycles. The Kier molecular flexibility index (Phi) is 5.39. The maximum atomic E-state index is 12.8. The van der Waals surface area contributed by atoms with Gasteiger partial charge >= 0.3 is 0 Å². The SMILES string of the molecule is NS(=O)(=O)C1=CC(NC(=O)c2ccccc2C2CCCCC2)CC=C1. The van der Waals surface area contributed by atoms with E-state index < -0.39 is 10.0 Å². The van der Waals surface area contributed by atoms with E-state index >= 15 is 0 Å². The van der Waals surface area contributed by atoms with Crippen LogP contribution in [0.5, 0.6) is 0 Å². The van der Waals surface area contributed by atoms with Gasteiger partial charge < -0.3 is 5.32 Å². The molecule has 25 heavy (non-hydrogen) atoms. The highest BCUT2D eigenvalue weighted by molar-refractivity contribution is 7.93. The van der Waals surface area contributed by atoms with Crippen LogP contribution < -0.4 is 10.5 Å². The van der Waals surface area contributed by atoms with Gasteiger partial charge in [0, 0.05) is 5.56 Å². The number of carbonyl (C=O) groups is 1. The van der Waals surface area contributed by atoms with Gasteiger partial charge in [0.2, 0.25) is 10.0 Å². The first kappa shape index (κ1) is 17.9. The summed E-state index contributed by atoms with van der Waals surface area (Å²) < 4.78 is 23.0. The summed E-state index contributed by atoms with van der Waals surface area (Å²) in [7, 11) is -3.76. The summed E-state index contributed by atoms with van der Waals surface area (Å²) >= 11 is 0. The Labute approximate surface area is 149 Å². The van der Waals surface area contributed by atoms with E-state index in [9.17, 15) is 13.2 Å². The predicted molar refractivity (Wildman–Crippen MR) is 98.5 cm³/mol. The molecule has 134 valence electrons. The fraction of sp³-hybridized carbons (Fsp3) is 0.421. The van der Waals surface area contributed by atoms with Gasteiger partial charge in [-0.25, -0.2) is 13.6 Å². The van der Waals surface area contributed by atoms with Crippen molar-refractivity contribution in [3.05, 3.63) is 58.5 Å². The first-order valence-corrected chi connectivity index (χ1v) is 10.3. The van der Waals surface area contributed by atoms with E-state index in [1.807, 2.05) is 24.3 Å². The lowest BCUT2D eigenvalue weighted by molar-refractivity contribution is 0.0942. The van der Waals surface area contributed by atoms with E-state index in [1.165, 1.54) is 31.4 Å². The molecule has 2 aliphatic rings. The minimum Gasteiger partial charge on any atom is -0.345 e. The van der Waals surface area contributed by atoms with Crippen LogP contribution in [0.2, 0.25) is 0 Å². The van der Waals surface area contributed by atoms with Gasteiger partial charge in [-0.1, -0.05) is 43.5 Å². The molecule has 0 bridgehead atoms. The molecule has 0 radical (unpaired) electrons. The second kappa shape index (κ2) is 7.54. The number of amides is 1. The molecule has 1 aromatic rings. The van der Waals surface area contributed by atoms with Gasteiger partial charge in [-0.2, -0.15) is 0 Å². The Morgan fingerprint density at radius 3 is 2.56 bits per heavy atom. The average molecular weight is 360 g/mol. The molecule has 1 saturated carbocycles. The summed E-state index contributed by atoms with van der Waals surface area (Å²) in [5.74, 6) is 0.268. The Balaban J connectivity index is 1.78. The fourth-order valence-corrected chi connectivity index (χ4v) is 4.30. The zero-order chi connectivity index (χ0) is 17.9. The van der Waals surface area contributed by atoms with Crippen molar-refractivity contribution in [1.29, 1.82) is 0 Å². The van der Waals surface area contributed by atoms with Crippen molar-refractivity contribution in [3.63, 3.8) is 0 Å². The van der Waals surface area contributed by atoms with E-state index in [0.29, 0.717) is 17.9 Å². The highest BCUT2D eigenvalue weighted by Crippen LogP contribution is 2.34. The first-order valence-electron chi connectivity index (χ1n) is 8.76. The lowest BCUT2D eigenvalue weighted by atomic mass is 9.82. The second-order valence-corrected chi connectivity index (χ2v) is 8.32. The maximum absolute atomic E-state index is 12.8. The molecule has 3 N–H and O–H groups in total. The molecule has 5 nitrogen and oxygen atoms in total. The Morgan fingerprint density at radius 2 is 1.84 bits per heavy atom. The molecule has 0 saturated heterocycles. The van der Waals surface area contributed by atoms with Gasteiger partial charge in [0.1, 0.15) is 0 Å². The van der Waals surface area contributed by atoms with Crippen molar-refractivity contribution in [2.45, 2.75) is 50.5 Å². The summed E-state index contributed by atoms with van der Waals surface area (Å²) in [6.45, 7) is 0. The fourth-order valence-electron chi connectivity index (χ4n) is 3.66. The van der Waals surface area contributed by atoms with Crippen LogP contribution in [-0.4, -0.2) is 20.4 Å². The predicted octanol–water partition coefficient (Wildman–Crippen LogP) is 2.97. The summed E-state index contributed by atoms with van der Waals surface area (Å²) in [5.41, 5.74) is 1.79. The first-order chi connectivity index (χ1) is 11.9. The molecule has 6 heteroatoms. The third-order valence-corrected chi connectivity index (χ3v) is 5.86. The van der Waals surface area contributed by atoms with Crippen molar-refractivity contribution in [2.75, 3.05) is 0 Å². The number of primary sulfonamides is 1. The normalized spacial score (nSPS) is 21.6. The third kappa shape index (κ3) is 4.38. The highest BCUT2D eigenvalue weighted by atomic mass is 32.2. The van der Waals surface area contributed by atoms with E-state index in [0.717, 1.165) is 18.4 Å². The van der Waals surface area contributed by atoms with Gasteiger partial charge in [-0.15, -0.1) is 0 Å². The number of hydrogen-bond acceptors (Lipinski definition) is 3. The number of carbonyl (C=O) groups excluding carboxylic acids is 1. The zero-order valence-corrected chi connectivity index (χ0v) is 15.0. The Hall–Kier alpha value is -1.92. The molecule has 1 aromatic carbocycles. The number of allylic oxidation sites excluding steroid dienone is 1. The van der Waals surface area contributed by atoms with Crippen molar-refractivity contribution in [3.8, 4) is 0 Å². The molecule has 1 unspecified atom stereocenters. The summed E-state index contributed by atoms with van der Waals surface area (Å²) in [6.07, 6.45) is 11.2. The van der Waals surface area contributed by atoms with Gasteiger partial charge in [0.15, 0.2) is 0 Å². The largest absolute Gasteiger partial charge is 0.345 e. The van der Waals surface area contributed by atoms with Crippen LogP contribution in [0.1, 0.15) is 60.4 Å². The van der Waals surface area contributed by atoms with Crippen LogP contribution in [-0.2, 0) is 10.0 Å². The van der Waals surface area contributed by atoms with Crippen LogP contribution in [0.4, 0.5) is 0 Å². The number of rotatable bonds is 4. The molecular formula is C19H24N2O3S. The van der Waals surface area contributed by atoms with Crippen molar-refractivity contribution in [1.82, 2.24) is 5.32 Å². The summed E-state index contributed by atoms with van der Waals surface area (Å²) in [6, 6.07) is 7.36. The standard InChI is InChI=1S/C19H24N2O3S/c20-25(23,24)16-10-6-9-15(13-16)21-19(22)18-12-5-4-11-17(18)14-7-2-1-3-8-14/h4-6,10-15H,1-3,7-9H2,(H,21,22)(H2,20,23,24). The molecule has 1 fully saturated rings. The third-order valence-electron chi connectivity index (χ3n) is 4.93. The summed E-state index contributed by atoms with van der Waals surface area (Å²) in [4.78, 5) is 12.8. The Morgan fingerprint density at radius 1 is 1.12 bits per heavy atom. The highest BCUT2D eigenvalue weighted by Gasteiger charge is 2.23. The van der Waals surface area contributed by atoms with E-state index in [4.69, 9.17) is 5.14 Å². The van der Waals surface area contributed by atoms with Crippen LogP contribution in [0.3, 0.4) is 0 Å². The molecular weight excluding hydrogens is 336 g/mol. The average Bonchev–Trinajstić information content (AvgIpc) is 2.62. The van der Waals surface area contributed by atoms with E-state index in [-0.39, 0.29) is 16.9 Å². The van der Waals surface area contributed by atoms with Crippen molar-refractivity contribution < 1.29 is 13.2 Å². The van der Waals surface area contributed by atoms with E-state index in [1.54, 1.807) is 6.08 Å². The number of sulfonamides is 1. The van der Waals surface area contributed by atoms with Crippen molar-refractivity contribution in [2.24, 2.45) is 5.14 Å². The lowest BCUT2D eigenvalue weighted by Gasteiger charge is -2.25. The van der Waals surface area contributed by atoms with Gasteiger partial charge in [-0.3, -0.25) is 4.79 Å². The number of benzene rings is 1. The number of nitrogens with two attached hydrogens (primary N) is 1. The molecule has 0 heterocycles. The Bertz CT molecular complexity index is 806. The lowest BCUT2D eigenvalue weighted by Crippen LogP contribution is -2.35. The van der Waals surface area contributed by atoms with Crippen LogP contribution >= 0.6 is 0 Å². The molecule has 0 aliphatic heterocycles. The van der Waals surface area contributed by atoms with Crippen LogP contribution in [0.25, 0.3) is 0 Å².